The summed E-state index contributed by atoms with van der Waals surface area (Å²) in [5.74, 6) is -0.261. The van der Waals surface area contributed by atoms with E-state index < -0.39 is 0 Å². The lowest BCUT2D eigenvalue weighted by atomic mass is 10.1. The van der Waals surface area contributed by atoms with Crippen molar-refractivity contribution in [2.45, 2.75) is 51.9 Å². The molecule has 4 heteroatoms. The fourth-order valence-corrected chi connectivity index (χ4v) is 1.40. The molecule has 0 fully saturated rings. The molecule has 0 aromatic rings. The highest BCUT2D eigenvalue weighted by Crippen LogP contribution is 2.08. The Balaban J connectivity index is 3.15. The van der Waals surface area contributed by atoms with Gasteiger partial charge in [0.2, 0.25) is 0 Å². The van der Waals surface area contributed by atoms with E-state index >= 15 is 0 Å². The van der Waals surface area contributed by atoms with Gasteiger partial charge in [-0.25, -0.2) is 0 Å². The molecule has 0 rings (SSSR count). The second-order valence-electron chi connectivity index (χ2n) is 3.65. The van der Waals surface area contributed by atoms with Gasteiger partial charge < -0.3 is 9.47 Å². The third-order valence-electron chi connectivity index (χ3n) is 2.29. The molecule has 0 saturated carbocycles. The molecule has 16 heavy (non-hydrogen) atoms. The van der Waals surface area contributed by atoms with E-state index in [0.717, 1.165) is 32.1 Å². The molecule has 0 aliphatic rings. The minimum Gasteiger partial charge on any atom is -0.469 e. The van der Waals surface area contributed by atoms with E-state index in [2.05, 4.69) is 4.74 Å². The van der Waals surface area contributed by atoms with Gasteiger partial charge in [0.1, 0.15) is 0 Å². The normalized spacial score (nSPS) is 9.88. The Morgan fingerprint density at radius 3 is 1.88 bits per heavy atom. The van der Waals surface area contributed by atoms with E-state index in [4.69, 9.17) is 4.74 Å². The summed E-state index contributed by atoms with van der Waals surface area (Å²) in [5.41, 5.74) is 0. The van der Waals surface area contributed by atoms with Crippen molar-refractivity contribution in [1.82, 2.24) is 0 Å². The van der Waals surface area contributed by atoms with Crippen LogP contribution in [0.1, 0.15) is 51.9 Å². The smallest absolute Gasteiger partial charge is 0.305 e. The topological polar surface area (TPSA) is 52.6 Å². The molecule has 0 aromatic heterocycles. The largest absolute Gasteiger partial charge is 0.469 e. The van der Waals surface area contributed by atoms with Gasteiger partial charge in [0.15, 0.2) is 0 Å². The quantitative estimate of drug-likeness (QED) is 0.451. The lowest BCUT2D eigenvalue weighted by molar-refractivity contribution is -0.143. The lowest BCUT2D eigenvalue weighted by Crippen LogP contribution is -2.03. The van der Waals surface area contributed by atoms with Gasteiger partial charge in [0, 0.05) is 12.8 Å². The molecule has 0 bridgehead atoms. The maximum absolute atomic E-state index is 11.0. The molecule has 0 aromatic carbocycles. The van der Waals surface area contributed by atoms with Gasteiger partial charge in [-0.1, -0.05) is 19.3 Å². The Kier molecular flexibility index (Phi) is 9.76. The van der Waals surface area contributed by atoms with Gasteiger partial charge in [0.25, 0.3) is 0 Å². The highest BCUT2D eigenvalue weighted by atomic mass is 16.5. The average molecular weight is 230 g/mol. The first kappa shape index (κ1) is 14.9. The van der Waals surface area contributed by atoms with Crippen molar-refractivity contribution < 1.29 is 19.1 Å². The zero-order valence-corrected chi connectivity index (χ0v) is 10.3. The maximum Gasteiger partial charge on any atom is 0.305 e. The Labute approximate surface area is 97.3 Å². The van der Waals surface area contributed by atoms with Gasteiger partial charge >= 0.3 is 11.9 Å². The summed E-state index contributed by atoms with van der Waals surface area (Å²) in [5, 5.41) is 0. The van der Waals surface area contributed by atoms with Crippen molar-refractivity contribution >= 4 is 11.9 Å². The van der Waals surface area contributed by atoms with Crippen LogP contribution in [0.5, 0.6) is 0 Å². The second-order valence-corrected chi connectivity index (χ2v) is 3.65. The third-order valence-corrected chi connectivity index (χ3v) is 2.29. The van der Waals surface area contributed by atoms with Gasteiger partial charge in [0.05, 0.1) is 13.7 Å². The molecule has 0 amide bonds. The predicted molar refractivity (Wildman–Crippen MR) is 61.0 cm³/mol. The summed E-state index contributed by atoms with van der Waals surface area (Å²) in [6.45, 7) is 2.27. The zero-order chi connectivity index (χ0) is 12.2. The Morgan fingerprint density at radius 1 is 0.875 bits per heavy atom. The summed E-state index contributed by atoms with van der Waals surface area (Å²) in [4.78, 5) is 21.8. The molecule has 0 unspecified atom stereocenters. The Hall–Kier alpha value is -1.06. The molecule has 0 heterocycles. The highest BCUT2D eigenvalue weighted by molar-refractivity contribution is 5.69. The van der Waals surface area contributed by atoms with Crippen molar-refractivity contribution in [2.24, 2.45) is 0 Å². The van der Waals surface area contributed by atoms with Crippen molar-refractivity contribution in [1.29, 1.82) is 0 Å². The van der Waals surface area contributed by atoms with Crippen molar-refractivity contribution in [2.75, 3.05) is 13.7 Å². The lowest BCUT2D eigenvalue weighted by Gasteiger charge is -2.02. The van der Waals surface area contributed by atoms with Crippen LogP contribution in [0.3, 0.4) is 0 Å². The molecule has 0 aliphatic heterocycles. The van der Waals surface area contributed by atoms with Crippen LogP contribution in [-0.4, -0.2) is 25.7 Å². The number of esters is 2. The van der Waals surface area contributed by atoms with Gasteiger partial charge in [-0.15, -0.1) is 0 Å². The minimum absolute atomic E-state index is 0.114. The summed E-state index contributed by atoms with van der Waals surface area (Å²) in [6, 6.07) is 0. The molecule has 4 nitrogen and oxygen atoms in total. The predicted octanol–water partition coefficient (Wildman–Crippen LogP) is 2.45. The molecule has 0 atom stereocenters. The fraction of sp³-hybridized carbons (Fsp3) is 0.833. The van der Waals surface area contributed by atoms with E-state index in [9.17, 15) is 9.59 Å². The summed E-state index contributed by atoms with van der Waals surface area (Å²) < 4.78 is 9.35. The number of methoxy groups -OCH3 is 1. The first-order valence-electron chi connectivity index (χ1n) is 5.93. The van der Waals surface area contributed by atoms with Crippen LogP contribution in [0.15, 0.2) is 0 Å². The Bertz CT molecular complexity index is 201. The first-order chi connectivity index (χ1) is 7.70. The summed E-state index contributed by atoms with van der Waals surface area (Å²) in [7, 11) is 1.40. The molecular weight excluding hydrogens is 208 g/mol. The SMILES string of the molecule is CCOC(=O)CCCCCCCC(=O)OC. The number of unbranched alkanes of at least 4 members (excludes halogenated alkanes) is 4. The van der Waals surface area contributed by atoms with Crippen LogP contribution < -0.4 is 0 Å². The van der Waals surface area contributed by atoms with E-state index in [0.29, 0.717) is 19.4 Å². The van der Waals surface area contributed by atoms with Crippen LogP contribution in [-0.2, 0) is 19.1 Å². The second kappa shape index (κ2) is 10.5. The molecule has 0 N–H and O–H groups in total. The van der Waals surface area contributed by atoms with Crippen LogP contribution in [0, 0.1) is 0 Å². The summed E-state index contributed by atoms with van der Waals surface area (Å²) in [6.07, 6.45) is 5.82. The average Bonchev–Trinajstić information content (AvgIpc) is 2.27. The summed E-state index contributed by atoms with van der Waals surface area (Å²) >= 11 is 0. The van der Waals surface area contributed by atoms with Gasteiger partial charge in [-0.3, -0.25) is 9.59 Å². The number of rotatable bonds is 9. The molecule has 94 valence electrons. The zero-order valence-electron chi connectivity index (χ0n) is 10.3. The van der Waals surface area contributed by atoms with Crippen LogP contribution in [0.4, 0.5) is 0 Å². The fourth-order valence-electron chi connectivity index (χ4n) is 1.40. The maximum atomic E-state index is 11.0. The van der Waals surface area contributed by atoms with Crippen LogP contribution in [0.25, 0.3) is 0 Å². The number of carbonyl (C=O) groups excluding carboxylic acids is 2. The van der Waals surface area contributed by atoms with Crippen molar-refractivity contribution in [3.8, 4) is 0 Å². The molecule has 0 aliphatic carbocycles. The Morgan fingerprint density at radius 2 is 1.38 bits per heavy atom. The minimum atomic E-state index is -0.147. The van der Waals surface area contributed by atoms with Crippen molar-refractivity contribution in [3.63, 3.8) is 0 Å². The van der Waals surface area contributed by atoms with Crippen molar-refractivity contribution in [3.05, 3.63) is 0 Å². The molecule has 0 spiro atoms. The number of hydrogen-bond donors (Lipinski definition) is 0. The van der Waals surface area contributed by atoms with Gasteiger partial charge in [-0.05, 0) is 19.8 Å². The molecular formula is C12H22O4. The third kappa shape index (κ3) is 9.49. The van der Waals surface area contributed by atoms with E-state index in [-0.39, 0.29) is 11.9 Å². The number of hydrogen-bond acceptors (Lipinski definition) is 4. The van der Waals surface area contributed by atoms with E-state index in [1.54, 1.807) is 0 Å². The van der Waals surface area contributed by atoms with Crippen LogP contribution >= 0.6 is 0 Å². The van der Waals surface area contributed by atoms with E-state index in [1.165, 1.54) is 7.11 Å². The monoisotopic (exact) mass is 230 g/mol. The highest BCUT2D eigenvalue weighted by Gasteiger charge is 2.01. The molecule has 0 saturated heterocycles. The molecule has 0 radical (unpaired) electrons. The van der Waals surface area contributed by atoms with Gasteiger partial charge in [-0.2, -0.15) is 0 Å². The standard InChI is InChI=1S/C12H22O4/c1-3-16-12(14)10-8-6-4-5-7-9-11(13)15-2/h3-10H2,1-2H3. The van der Waals surface area contributed by atoms with E-state index in [1.807, 2.05) is 6.92 Å². The first-order valence-corrected chi connectivity index (χ1v) is 5.93. The number of ether oxygens (including phenoxy) is 2. The number of carbonyl (C=O) groups is 2. The van der Waals surface area contributed by atoms with Crippen LogP contribution in [0.2, 0.25) is 0 Å².